The highest BCUT2D eigenvalue weighted by atomic mass is 32.2. The molecule has 1 aliphatic heterocycles. The number of methoxy groups -OCH3 is 1. The molecule has 1 aromatic heterocycles. The van der Waals surface area contributed by atoms with E-state index in [2.05, 4.69) is 22.2 Å². The third kappa shape index (κ3) is 5.03. The van der Waals surface area contributed by atoms with Crippen molar-refractivity contribution in [2.75, 3.05) is 12.9 Å². The molecule has 2 heterocycles. The van der Waals surface area contributed by atoms with Crippen LogP contribution in [0.1, 0.15) is 24.8 Å². The van der Waals surface area contributed by atoms with Crippen molar-refractivity contribution >= 4 is 40.6 Å². The summed E-state index contributed by atoms with van der Waals surface area (Å²) in [6, 6.07) is 17.2. The summed E-state index contributed by atoms with van der Waals surface area (Å²) >= 11 is 1.28. The second-order valence-corrected chi connectivity index (χ2v) is 7.96. The summed E-state index contributed by atoms with van der Waals surface area (Å²) in [5.74, 6) is 1.05. The first-order valence-corrected chi connectivity index (χ1v) is 11.2. The van der Waals surface area contributed by atoms with Crippen molar-refractivity contribution in [2.45, 2.75) is 24.4 Å². The van der Waals surface area contributed by atoms with Gasteiger partial charge >= 0.3 is 0 Å². The zero-order valence-corrected chi connectivity index (χ0v) is 18.7. The van der Waals surface area contributed by atoms with E-state index in [9.17, 15) is 4.79 Å². The van der Waals surface area contributed by atoms with Crippen LogP contribution in [0.15, 0.2) is 82.1 Å². The summed E-state index contributed by atoms with van der Waals surface area (Å²) in [7, 11) is 1.64. The van der Waals surface area contributed by atoms with Gasteiger partial charge in [0, 0.05) is 18.1 Å². The molecule has 4 rings (SSSR count). The van der Waals surface area contributed by atoms with Crippen molar-refractivity contribution in [3.05, 3.63) is 72.6 Å². The van der Waals surface area contributed by atoms with Crippen LogP contribution in [0.25, 0.3) is 0 Å². The lowest BCUT2D eigenvalue weighted by Gasteiger charge is -2.21. The molecule has 0 saturated heterocycles. The smallest absolute Gasteiger partial charge is 0.235 e. The SMILES string of the molecule is CCC1=Nc2ccccc2N=C(NC(=O)CSc2ncccn2)[C@@H]1c1ccc(OC)cc1. The van der Waals surface area contributed by atoms with Crippen molar-refractivity contribution in [3.8, 4) is 5.75 Å². The highest BCUT2D eigenvalue weighted by molar-refractivity contribution is 7.99. The van der Waals surface area contributed by atoms with Gasteiger partial charge in [-0.3, -0.25) is 9.79 Å². The van der Waals surface area contributed by atoms with Gasteiger partial charge in [0.05, 0.1) is 30.2 Å². The van der Waals surface area contributed by atoms with Crippen molar-refractivity contribution in [1.82, 2.24) is 15.3 Å². The Morgan fingerprint density at radius 3 is 2.34 bits per heavy atom. The minimum absolute atomic E-state index is 0.172. The summed E-state index contributed by atoms with van der Waals surface area (Å²) in [6.07, 6.45) is 4.03. The van der Waals surface area contributed by atoms with Crippen molar-refractivity contribution < 1.29 is 9.53 Å². The molecule has 0 radical (unpaired) electrons. The molecule has 162 valence electrons. The Balaban J connectivity index is 1.67. The van der Waals surface area contributed by atoms with Gasteiger partial charge in [0.2, 0.25) is 5.91 Å². The maximum atomic E-state index is 12.9. The Hall–Kier alpha value is -3.52. The number of amides is 1. The van der Waals surface area contributed by atoms with E-state index < -0.39 is 0 Å². The topological polar surface area (TPSA) is 88.8 Å². The molecule has 0 saturated carbocycles. The Morgan fingerprint density at radius 2 is 1.69 bits per heavy atom. The van der Waals surface area contributed by atoms with Crippen molar-refractivity contribution in [1.29, 1.82) is 0 Å². The van der Waals surface area contributed by atoms with Gasteiger partial charge in [0.1, 0.15) is 11.6 Å². The highest BCUT2D eigenvalue weighted by Crippen LogP contribution is 2.35. The van der Waals surface area contributed by atoms with Crippen molar-refractivity contribution in [2.24, 2.45) is 9.98 Å². The van der Waals surface area contributed by atoms with Gasteiger partial charge in [-0.25, -0.2) is 15.0 Å². The fourth-order valence-corrected chi connectivity index (χ4v) is 4.03. The maximum absolute atomic E-state index is 12.9. The number of aliphatic imine (C=N–C) groups is 2. The number of ether oxygens (including phenoxy) is 1. The van der Waals surface area contributed by atoms with Gasteiger partial charge in [-0.2, -0.15) is 0 Å². The molecule has 2 aromatic carbocycles. The maximum Gasteiger partial charge on any atom is 0.235 e. The first-order chi connectivity index (χ1) is 15.7. The third-order valence-electron chi connectivity index (χ3n) is 4.95. The van der Waals surface area contributed by atoms with Crippen LogP contribution in [0.5, 0.6) is 5.75 Å². The van der Waals surface area contributed by atoms with E-state index in [0.29, 0.717) is 17.4 Å². The van der Waals surface area contributed by atoms with Crippen LogP contribution in [-0.2, 0) is 4.79 Å². The fraction of sp³-hybridized carbons (Fsp3) is 0.208. The fourth-order valence-electron chi connectivity index (χ4n) is 3.42. The molecular weight excluding hydrogens is 422 g/mol. The second-order valence-electron chi connectivity index (χ2n) is 7.02. The predicted molar refractivity (Wildman–Crippen MR) is 128 cm³/mol. The molecule has 32 heavy (non-hydrogen) atoms. The quantitative estimate of drug-likeness (QED) is 0.439. The normalized spacial score (nSPS) is 15.1. The molecule has 1 N–H and O–H groups in total. The van der Waals surface area contributed by atoms with Gasteiger partial charge in [-0.05, 0) is 42.3 Å². The number of amidine groups is 1. The number of thioether (sulfide) groups is 1. The number of hydrogen-bond acceptors (Lipinski definition) is 7. The molecule has 1 aliphatic rings. The van der Waals surface area contributed by atoms with Crippen LogP contribution < -0.4 is 10.1 Å². The first kappa shape index (κ1) is 21.7. The number of nitrogens with zero attached hydrogens (tertiary/aromatic N) is 4. The molecule has 0 bridgehead atoms. The van der Waals surface area contributed by atoms with E-state index in [1.807, 2.05) is 48.5 Å². The van der Waals surface area contributed by atoms with Gasteiger partial charge in [-0.15, -0.1) is 0 Å². The standard InChI is InChI=1S/C24H23N5O2S/c1-3-18-22(16-9-11-17(31-2)12-10-16)23(28-20-8-5-4-7-19(20)27-18)29-21(30)15-32-24-25-13-6-14-26-24/h4-14,22H,3,15H2,1-2H3,(H,28,29,30)/t22-/m1/s1. The lowest BCUT2D eigenvalue weighted by Crippen LogP contribution is -2.38. The summed E-state index contributed by atoms with van der Waals surface area (Å²) < 4.78 is 5.31. The van der Waals surface area contributed by atoms with E-state index >= 15 is 0 Å². The molecule has 0 fully saturated rings. The van der Waals surface area contributed by atoms with Crippen LogP contribution in [0.2, 0.25) is 0 Å². The number of hydrogen-bond donors (Lipinski definition) is 1. The predicted octanol–water partition coefficient (Wildman–Crippen LogP) is 4.70. The molecule has 7 nitrogen and oxygen atoms in total. The van der Waals surface area contributed by atoms with Gasteiger partial charge in [0.25, 0.3) is 0 Å². The molecular formula is C24H23N5O2S. The number of carbonyl (C=O) groups is 1. The summed E-state index contributed by atoms with van der Waals surface area (Å²) in [6.45, 7) is 2.06. The van der Waals surface area contributed by atoms with Crippen LogP contribution in [-0.4, -0.2) is 40.3 Å². The van der Waals surface area contributed by atoms with Gasteiger partial charge in [-0.1, -0.05) is 43.0 Å². The number of benzene rings is 2. The lowest BCUT2D eigenvalue weighted by atomic mass is 9.91. The van der Waals surface area contributed by atoms with E-state index in [4.69, 9.17) is 14.7 Å². The molecule has 8 heteroatoms. The number of fused-ring (bicyclic) bond motifs is 1. The van der Waals surface area contributed by atoms with Crippen LogP contribution in [0.3, 0.4) is 0 Å². The minimum Gasteiger partial charge on any atom is -0.497 e. The molecule has 0 aliphatic carbocycles. The first-order valence-electron chi connectivity index (χ1n) is 10.3. The Kier molecular flexibility index (Phi) is 6.91. The minimum atomic E-state index is -0.278. The van der Waals surface area contributed by atoms with Crippen LogP contribution in [0, 0.1) is 0 Å². The zero-order valence-electron chi connectivity index (χ0n) is 17.9. The number of rotatable bonds is 6. The summed E-state index contributed by atoms with van der Waals surface area (Å²) in [5, 5.41) is 3.59. The number of nitrogens with one attached hydrogen (secondary N) is 1. The third-order valence-corrected chi connectivity index (χ3v) is 5.82. The summed E-state index contributed by atoms with van der Waals surface area (Å²) in [5.41, 5.74) is 3.43. The average molecular weight is 446 g/mol. The second kappa shape index (κ2) is 10.2. The largest absolute Gasteiger partial charge is 0.497 e. The Morgan fingerprint density at radius 1 is 1.00 bits per heavy atom. The van der Waals surface area contributed by atoms with E-state index in [1.165, 1.54) is 11.8 Å². The van der Waals surface area contributed by atoms with Crippen LogP contribution >= 0.6 is 11.8 Å². The number of aromatic nitrogens is 2. The highest BCUT2D eigenvalue weighted by Gasteiger charge is 2.28. The lowest BCUT2D eigenvalue weighted by molar-refractivity contribution is -0.117. The van der Waals surface area contributed by atoms with Gasteiger partial charge in [0.15, 0.2) is 5.16 Å². The molecule has 0 spiro atoms. The zero-order chi connectivity index (χ0) is 22.3. The molecule has 0 unspecified atom stereocenters. The molecule has 1 atom stereocenters. The number of carbonyl (C=O) groups excluding carboxylic acids is 1. The van der Waals surface area contributed by atoms with Gasteiger partial charge < -0.3 is 10.1 Å². The number of para-hydroxylation sites is 2. The average Bonchev–Trinajstić information content (AvgIpc) is 2.99. The molecule has 3 aromatic rings. The van der Waals surface area contributed by atoms with E-state index in [0.717, 1.165) is 28.4 Å². The summed E-state index contributed by atoms with van der Waals surface area (Å²) in [4.78, 5) is 30.9. The Labute approximate surface area is 191 Å². The van der Waals surface area contributed by atoms with Crippen LogP contribution in [0.4, 0.5) is 11.4 Å². The van der Waals surface area contributed by atoms with Crippen molar-refractivity contribution in [3.63, 3.8) is 0 Å². The van der Waals surface area contributed by atoms with E-state index in [1.54, 1.807) is 25.6 Å². The molecule has 1 amide bonds. The Bertz CT molecular complexity index is 1150. The van der Waals surface area contributed by atoms with E-state index in [-0.39, 0.29) is 17.6 Å². The monoisotopic (exact) mass is 445 g/mol.